The molecule has 0 unspecified atom stereocenters. The van der Waals surface area contributed by atoms with Gasteiger partial charge in [0.15, 0.2) is 5.82 Å². The van der Waals surface area contributed by atoms with Crippen LogP contribution < -0.4 is 0 Å². The Morgan fingerprint density at radius 3 is 3.06 bits per heavy atom. The van der Waals surface area contributed by atoms with Gasteiger partial charge >= 0.3 is 0 Å². The van der Waals surface area contributed by atoms with Crippen LogP contribution in [-0.2, 0) is 6.54 Å². The summed E-state index contributed by atoms with van der Waals surface area (Å²) in [6.45, 7) is 2.90. The summed E-state index contributed by atoms with van der Waals surface area (Å²) in [6, 6.07) is 1.88. The SMILES string of the molecule is CCCn1ccnc1C(=O)c1sccc1Br. The number of aryl methyl sites for hydroxylation is 1. The Morgan fingerprint density at radius 2 is 2.44 bits per heavy atom. The fourth-order valence-corrected chi connectivity index (χ4v) is 2.98. The van der Waals surface area contributed by atoms with Crippen LogP contribution in [0.3, 0.4) is 0 Å². The molecular weight excluding hydrogens is 288 g/mol. The standard InChI is InChI=1S/C11H11BrN2OS/c1-2-5-14-6-4-13-11(14)9(15)10-8(12)3-7-16-10/h3-4,6-7H,2,5H2,1H3. The molecule has 0 amide bonds. The third-order valence-corrected chi connectivity index (χ3v) is 4.04. The van der Waals surface area contributed by atoms with Crippen molar-refractivity contribution in [2.24, 2.45) is 0 Å². The molecule has 0 atom stereocenters. The van der Waals surface area contributed by atoms with Gasteiger partial charge in [0.2, 0.25) is 5.78 Å². The first-order chi connectivity index (χ1) is 7.74. The Bertz CT molecular complexity index is 504. The van der Waals surface area contributed by atoms with Crippen LogP contribution >= 0.6 is 27.3 Å². The highest BCUT2D eigenvalue weighted by molar-refractivity contribution is 9.10. The largest absolute Gasteiger partial charge is 0.328 e. The third kappa shape index (κ3) is 2.10. The second-order valence-corrected chi connectivity index (χ2v) is 5.14. The van der Waals surface area contributed by atoms with Crippen LogP contribution in [0.25, 0.3) is 0 Å². The highest BCUT2D eigenvalue weighted by Crippen LogP contribution is 2.25. The lowest BCUT2D eigenvalue weighted by Crippen LogP contribution is -2.10. The molecule has 0 spiro atoms. The maximum Gasteiger partial charge on any atom is 0.239 e. The number of carbonyl (C=O) groups excluding carboxylic acids is 1. The summed E-state index contributed by atoms with van der Waals surface area (Å²) in [5.41, 5.74) is 0. The molecule has 0 aromatic carbocycles. The summed E-state index contributed by atoms with van der Waals surface area (Å²) in [4.78, 5) is 17.0. The van der Waals surface area contributed by atoms with Crippen LogP contribution in [0.4, 0.5) is 0 Å². The predicted molar refractivity (Wildman–Crippen MR) is 68.0 cm³/mol. The lowest BCUT2D eigenvalue weighted by atomic mass is 10.3. The highest BCUT2D eigenvalue weighted by atomic mass is 79.9. The monoisotopic (exact) mass is 298 g/mol. The number of thiophene rings is 1. The van der Waals surface area contributed by atoms with Gasteiger partial charge in [0.25, 0.3) is 0 Å². The van der Waals surface area contributed by atoms with Gasteiger partial charge in [0.1, 0.15) is 0 Å². The summed E-state index contributed by atoms with van der Waals surface area (Å²) >= 11 is 4.80. The normalized spacial score (nSPS) is 10.6. The zero-order chi connectivity index (χ0) is 11.5. The van der Waals surface area contributed by atoms with Crippen LogP contribution in [0.1, 0.15) is 28.8 Å². The van der Waals surface area contributed by atoms with Gasteiger partial charge in [-0.2, -0.15) is 0 Å². The Kier molecular flexibility index (Phi) is 3.56. The number of imidazole rings is 1. The predicted octanol–water partition coefficient (Wildman–Crippen LogP) is 3.35. The molecule has 2 rings (SSSR count). The molecule has 84 valence electrons. The van der Waals surface area contributed by atoms with E-state index in [1.165, 1.54) is 11.3 Å². The summed E-state index contributed by atoms with van der Waals surface area (Å²) in [6.07, 6.45) is 4.50. The Morgan fingerprint density at radius 1 is 1.62 bits per heavy atom. The van der Waals surface area contributed by atoms with Gasteiger partial charge in [-0.25, -0.2) is 4.98 Å². The van der Waals surface area contributed by atoms with Gasteiger partial charge in [-0.15, -0.1) is 11.3 Å². The molecule has 3 nitrogen and oxygen atoms in total. The van der Waals surface area contributed by atoms with Crippen molar-refractivity contribution in [3.8, 4) is 0 Å². The van der Waals surface area contributed by atoms with E-state index in [0.29, 0.717) is 10.7 Å². The molecule has 0 N–H and O–H groups in total. The fourth-order valence-electron chi connectivity index (χ4n) is 1.50. The van der Waals surface area contributed by atoms with E-state index >= 15 is 0 Å². The summed E-state index contributed by atoms with van der Waals surface area (Å²) < 4.78 is 2.74. The Labute approximate surface area is 106 Å². The molecule has 0 saturated heterocycles. The molecule has 2 aromatic rings. The van der Waals surface area contributed by atoms with E-state index in [4.69, 9.17) is 0 Å². The zero-order valence-corrected chi connectivity index (χ0v) is 11.2. The Balaban J connectivity index is 2.34. The Hall–Kier alpha value is -0.940. The number of ketones is 1. The van der Waals surface area contributed by atoms with Crippen molar-refractivity contribution in [3.63, 3.8) is 0 Å². The number of rotatable bonds is 4. The van der Waals surface area contributed by atoms with Gasteiger partial charge in [-0.1, -0.05) is 6.92 Å². The molecule has 0 aliphatic rings. The van der Waals surface area contributed by atoms with E-state index in [1.54, 1.807) is 6.20 Å². The number of halogens is 1. The fraction of sp³-hybridized carbons (Fsp3) is 0.273. The molecule has 0 fully saturated rings. The number of hydrogen-bond acceptors (Lipinski definition) is 3. The summed E-state index contributed by atoms with van der Waals surface area (Å²) in [7, 11) is 0. The number of carbonyl (C=O) groups is 1. The molecule has 0 bridgehead atoms. The van der Waals surface area contributed by atoms with E-state index < -0.39 is 0 Å². The van der Waals surface area contributed by atoms with Crippen molar-refractivity contribution in [3.05, 3.63) is 39.0 Å². The molecule has 0 saturated carbocycles. The molecule has 2 aromatic heterocycles. The minimum atomic E-state index is -0.0136. The summed E-state index contributed by atoms with van der Waals surface area (Å²) in [5.74, 6) is 0.505. The number of nitrogens with zero attached hydrogens (tertiary/aromatic N) is 2. The van der Waals surface area contributed by atoms with Crippen LogP contribution in [0.15, 0.2) is 28.3 Å². The molecule has 0 aliphatic heterocycles. The van der Waals surface area contributed by atoms with Gasteiger partial charge in [-0.05, 0) is 33.8 Å². The van der Waals surface area contributed by atoms with Crippen molar-refractivity contribution in [2.45, 2.75) is 19.9 Å². The van der Waals surface area contributed by atoms with Crippen LogP contribution in [-0.4, -0.2) is 15.3 Å². The third-order valence-electron chi connectivity index (χ3n) is 2.21. The second kappa shape index (κ2) is 4.93. The average molecular weight is 299 g/mol. The smallest absolute Gasteiger partial charge is 0.239 e. The van der Waals surface area contributed by atoms with Crippen LogP contribution in [0.5, 0.6) is 0 Å². The van der Waals surface area contributed by atoms with E-state index in [2.05, 4.69) is 27.8 Å². The average Bonchev–Trinajstić information content (AvgIpc) is 2.87. The van der Waals surface area contributed by atoms with Crippen molar-refractivity contribution >= 4 is 33.0 Å². The van der Waals surface area contributed by atoms with Crippen molar-refractivity contribution < 1.29 is 4.79 Å². The van der Waals surface area contributed by atoms with Crippen molar-refractivity contribution in [1.29, 1.82) is 0 Å². The number of aromatic nitrogens is 2. The van der Waals surface area contributed by atoms with Gasteiger partial charge in [0.05, 0.1) is 4.88 Å². The van der Waals surface area contributed by atoms with Gasteiger partial charge in [-0.3, -0.25) is 4.79 Å². The lowest BCUT2D eigenvalue weighted by molar-refractivity contribution is 0.102. The first-order valence-corrected chi connectivity index (χ1v) is 6.70. The maximum atomic E-state index is 12.2. The minimum absolute atomic E-state index is 0.0136. The van der Waals surface area contributed by atoms with Crippen LogP contribution in [0, 0.1) is 0 Å². The molecule has 16 heavy (non-hydrogen) atoms. The zero-order valence-electron chi connectivity index (χ0n) is 8.81. The van der Waals surface area contributed by atoms with Gasteiger partial charge < -0.3 is 4.57 Å². The first kappa shape index (κ1) is 11.5. The topological polar surface area (TPSA) is 34.9 Å². The minimum Gasteiger partial charge on any atom is -0.328 e. The van der Waals surface area contributed by atoms with Crippen LogP contribution in [0.2, 0.25) is 0 Å². The van der Waals surface area contributed by atoms with Crippen molar-refractivity contribution in [2.75, 3.05) is 0 Å². The maximum absolute atomic E-state index is 12.2. The number of hydrogen-bond donors (Lipinski definition) is 0. The molecule has 2 heterocycles. The van der Waals surface area contributed by atoms with E-state index in [9.17, 15) is 4.79 Å². The summed E-state index contributed by atoms with van der Waals surface area (Å²) in [5, 5.41) is 1.89. The quantitative estimate of drug-likeness (QED) is 0.812. The molecular formula is C11H11BrN2OS. The van der Waals surface area contributed by atoms with E-state index in [1.807, 2.05) is 22.2 Å². The van der Waals surface area contributed by atoms with E-state index in [-0.39, 0.29) is 5.78 Å². The second-order valence-electron chi connectivity index (χ2n) is 3.37. The highest BCUT2D eigenvalue weighted by Gasteiger charge is 2.18. The van der Waals surface area contributed by atoms with E-state index in [0.717, 1.165) is 17.4 Å². The lowest BCUT2D eigenvalue weighted by Gasteiger charge is -2.04. The molecule has 0 radical (unpaired) electrons. The van der Waals surface area contributed by atoms with Gasteiger partial charge in [0, 0.05) is 23.4 Å². The molecule has 5 heteroatoms. The molecule has 0 aliphatic carbocycles. The first-order valence-electron chi connectivity index (χ1n) is 5.03. The van der Waals surface area contributed by atoms with Crippen molar-refractivity contribution in [1.82, 2.24) is 9.55 Å².